The maximum Gasteiger partial charge on any atom is 0.232 e. The number of nitrogens with two attached hydrogens (primary N) is 2. The van der Waals surface area contributed by atoms with Gasteiger partial charge in [-0.1, -0.05) is 23.7 Å². The molecule has 2 unspecified atom stereocenters. The first-order valence-electron chi connectivity index (χ1n) is 9.41. The number of rotatable bonds is 4. The number of hydrogen-bond acceptors (Lipinski definition) is 5. The molecule has 1 aromatic heterocycles. The quantitative estimate of drug-likeness (QED) is 0.598. The van der Waals surface area contributed by atoms with Crippen LogP contribution in [0.25, 0.3) is 11.4 Å². The summed E-state index contributed by atoms with van der Waals surface area (Å²) in [6.45, 7) is 0. The summed E-state index contributed by atoms with van der Waals surface area (Å²) >= 11 is 6.12. The summed E-state index contributed by atoms with van der Waals surface area (Å²) in [5.74, 6) is -0.150. The zero-order valence-electron chi connectivity index (χ0n) is 15.9. The van der Waals surface area contributed by atoms with Gasteiger partial charge in [0.2, 0.25) is 5.91 Å². The molecular weight excluding hydrogens is 407 g/mol. The fourth-order valence-electron chi connectivity index (χ4n) is 3.42. The highest BCUT2D eigenvalue weighted by molar-refractivity contribution is 6.33. The van der Waals surface area contributed by atoms with Crippen molar-refractivity contribution in [3.05, 3.63) is 70.6 Å². The van der Waals surface area contributed by atoms with E-state index in [4.69, 9.17) is 23.1 Å². The Morgan fingerprint density at radius 2 is 2.13 bits per heavy atom. The smallest absolute Gasteiger partial charge is 0.232 e. The molecule has 0 bridgehead atoms. The molecule has 2 atom stereocenters. The van der Waals surface area contributed by atoms with E-state index in [1.165, 1.54) is 12.1 Å². The minimum absolute atomic E-state index is 0.167. The Morgan fingerprint density at radius 3 is 2.83 bits per heavy atom. The Kier molecular flexibility index (Phi) is 5.41. The highest BCUT2D eigenvalue weighted by atomic mass is 35.5. The van der Waals surface area contributed by atoms with Gasteiger partial charge in [0.1, 0.15) is 23.3 Å². The summed E-state index contributed by atoms with van der Waals surface area (Å²) in [7, 11) is 0. The van der Waals surface area contributed by atoms with E-state index in [-0.39, 0.29) is 34.2 Å². The van der Waals surface area contributed by atoms with Gasteiger partial charge in [0.15, 0.2) is 0 Å². The summed E-state index contributed by atoms with van der Waals surface area (Å²) in [4.78, 5) is 24.1. The number of nitrogens with one attached hydrogen (secondary N) is 2. The molecule has 0 fully saturated rings. The van der Waals surface area contributed by atoms with Gasteiger partial charge in [-0.05, 0) is 43.2 Å². The van der Waals surface area contributed by atoms with Gasteiger partial charge in [-0.15, -0.1) is 0 Å². The monoisotopic (exact) mass is 426 g/mol. The Balaban J connectivity index is 1.46. The van der Waals surface area contributed by atoms with E-state index in [0.717, 1.165) is 0 Å². The predicted octanol–water partition coefficient (Wildman–Crippen LogP) is 3.39. The van der Waals surface area contributed by atoms with Crippen LogP contribution in [0.3, 0.4) is 0 Å². The van der Waals surface area contributed by atoms with Crippen molar-refractivity contribution in [3.8, 4) is 11.4 Å². The molecule has 4 rings (SSSR count). The lowest BCUT2D eigenvalue weighted by molar-refractivity contribution is -0.122. The zero-order valence-corrected chi connectivity index (χ0v) is 16.7. The number of imidazole rings is 1. The van der Waals surface area contributed by atoms with Crippen LogP contribution < -0.4 is 16.8 Å². The average Bonchev–Trinajstić information content (AvgIpc) is 3.09. The molecule has 0 saturated heterocycles. The minimum atomic E-state index is -0.489. The van der Waals surface area contributed by atoms with E-state index in [0.29, 0.717) is 35.9 Å². The first-order chi connectivity index (χ1) is 14.4. The van der Waals surface area contributed by atoms with E-state index < -0.39 is 5.82 Å². The molecule has 6 N–H and O–H groups in total. The maximum atomic E-state index is 14.2. The number of aliphatic imine (C=N–C) groups is 1. The van der Waals surface area contributed by atoms with Gasteiger partial charge >= 0.3 is 0 Å². The van der Waals surface area contributed by atoms with Gasteiger partial charge < -0.3 is 21.8 Å². The van der Waals surface area contributed by atoms with E-state index in [1.807, 2.05) is 6.08 Å². The summed E-state index contributed by atoms with van der Waals surface area (Å²) in [5, 5.41) is 3.05. The number of aromatic amines is 1. The molecule has 0 spiro atoms. The van der Waals surface area contributed by atoms with Crippen molar-refractivity contribution >= 4 is 29.5 Å². The number of aromatic nitrogens is 2. The van der Waals surface area contributed by atoms with Crippen LogP contribution in [0.2, 0.25) is 5.02 Å². The molecule has 7 nitrogen and oxygen atoms in total. The third kappa shape index (κ3) is 3.99. The van der Waals surface area contributed by atoms with Crippen molar-refractivity contribution in [2.75, 3.05) is 5.73 Å². The van der Waals surface area contributed by atoms with Crippen molar-refractivity contribution in [3.63, 3.8) is 0 Å². The third-order valence-corrected chi connectivity index (χ3v) is 5.27. The second-order valence-corrected chi connectivity index (χ2v) is 7.50. The summed E-state index contributed by atoms with van der Waals surface area (Å²) in [6, 6.07) is 4.42. The van der Waals surface area contributed by atoms with E-state index in [9.17, 15) is 9.18 Å². The number of carbonyl (C=O) groups is 1. The average molecular weight is 427 g/mol. The number of amides is 1. The number of benzene rings is 1. The largest absolute Gasteiger partial charge is 0.399 e. The molecule has 9 heteroatoms. The van der Waals surface area contributed by atoms with Crippen LogP contribution in [-0.2, 0) is 4.79 Å². The topological polar surface area (TPSA) is 122 Å². The zero-order chi connectivity index (χ0) is 21.3. The molecular formula is C21H20ClFN6O. The number of allylic oxidation sites excluding steroid dienone is 3. The number of H-pyrrole nitrogens is 1. The van der Waals surface area contributed by atoms with E-state index in [2.05, 4.69) is 20.3 Å². The molecule has 30 heavy (non-hydrogen) atoms. The lowest BCUT2D eigenvalue weighted by Gasteiger charge is -2.18. The van der Waals surface area contributed by atoms with Crippen molar-refractivity contribution in [1.29, 1.82) is 0 Å². The summed E-state index contributed by atoms with van der Waals surface area (Å²) in [5.41, 5.74) is 13.1. The highest BCUT2D eigenvalue weighted by Gasteiger charge is 2.23. The Hall–Kier alpha value is -3.39. The van der Waals surface area contributed by atoms with Gasteiger partial charge in [0.05, 0.1) is 22.2 Å². The normalized spacial score (nSPS) is 20.6. The fourth-order valence-corrected chi connectivity index (χ4v) is 3.67. The summed E-state index contributed by atoms with van der Waals surface area (Å²) < 4.78 is 14.2. The van der Waals surface area contributed by atoms with Gasteiger partial charge in [-0.2, -0.15) is 0 Å². The molecule has 154 valence electrons. The second-order valence-electron chi connectivity index (χ2n) is 7.09. The molecule has 0 saturated carbocycles. The number of hydrogen-bond donors (Lipinski definition) is 4. The maximum absolute atomic E-state index is 14.2. The molecule has 1 amide bonds. The number of nitrogen functional groups attached to an aromatic ring is 1. The summed E-state index contributed by atoms with van der Waals surface area (Å²) in [6.07, 6.45) is 9.97. The van der Waals surface area contributed by atoms with Gasteiger partial charge in [0.25, 0.3) is 0 Å². The van der Waals surface area contributed by atoms with Crippen LogP contribution >= 0.6 is 11.6 Å². The van der Waals surface area contributed by atoms with Crippen LogP contribution in [0.15, 0.2) is 59.0 Å². The molecule has 2 aromatic rings. The number of carbonyl (C=O) groups excluding carboxylic acids is 1. The predicted molar refractivity (Wildman–Crippen MR) is 115 cm³/mol. The Morgan fingerprint density at radius 1 is 1.30 bits per heavy atom. The van der Waals surface area contributed by atoms with Crippen LogP contribution in [0.5, 0.6) is 0 Å². The molecule has 2 aliphatic rings. The minimum Gasteiger partial charge on any atom is -0.399 e. The van der Waals surface area contributed by atoms with Crippen LogP contribution in [0.1, 0.15) is 24.5 Å². The lowest BCUT2D eigenvalue weighted by atomic mass is 9.98. The Bertz CT molecular complexity index is 1100. The SMILES string of the molecule is NC1=CC(C(=O)NC2=CCC(c3nc(-c4c(F)cccc4Cl)[nH]c3N)C=N2)CC=C1. The van der Waals surface area contributed by atoms with Crippen LogP contribution in [0.4, 0.5) is 10.2 Å². The van der Waals surface area contributed by atoms with Crippen molar-refractivity contribution in [1.82, 2.24) is 15.3 Å². The number of halogens is 2. The van der Waals surface area contributed by atoms with Gasteiger partial charge in [-0.3, -0.25) is 4.79 Å². The molecule has 1 aromatic carbocycles. The molecule has 0 radical (unpaired) electrons. The Labute approximate surface area is 177 Å². The van der Waals surface area contributed by atoms with Crippen LogP contribution in [0, 0.1) is 11.7 Å². The highest BCUT2D eigenvalue weighted by Crippen LogP contribution is 2.33. The lowest BCUT2D eigenvalue weighted by Crippen LogP contribution is -2.30. The fraction of sp³-hybridized carbons (Fsp3) is 0.190. The molecule has 1 aliphatic heterocycles. The van der Waals surface area contributed by atoms with Crippen LogP contribution in [-0.4, -0.2) is 22.1 Å². The van der Waals surface area contributed by atoms with Crippen molar-refractivity contribution < 1.29 is 9.18 Å². The number of anilines is 1. The first kappa shape index (κ1) is 19.9. The first-order valence-corrected chi connectivity index (χ1v) is 9.79. The van der Waals surface area contributed by atoms with Gasteiger partial charge in [-0.25, -0.2) is 14.4 Å². The van der Waals surface area contributed by atoms with E-state index >= 15 is 0 Å². The van der Waals surface area contributed by atoms with E-state index in [1.54, 1.807) is 30.5 Å². The van der Waals surface area contributed by atoms with Crippen molar-refractivity contribution in [2.24, 2.45) is 16.6 Å². The second kappa shape index (κ2) is 8.16. The van der Waals surface area contributed by atoms with Crippen molar-refractivity contribution in [2.45, 2.75) is 18.8 Å². The standard InChI is InChI=1S/C21H20ClFN6O/c22-14-5-2-6-15(23)17(14)20-28-18(19(25)29-20)12-7-8-16(26-10-12)27-21(30)11-3-1-4-13(24)9-11/h1-2,4-6,8-12H,3,7,24-25H2,(H,27,30)(H,28,29). The molecule has 1 aliphatic carbocycles. The number of nitrogens with zero attached hydrogens (tertiary/aromatic N) is 2. The van der Waals surface area contributed by atoms with Gasteiger partial charge in [0, 0.05) is 17.8 Å². The molecule has 2 heterocycles. The third-order valence-electron chi connectivity index (χ3n) is 4.95.